The van der Waals surface area contributed by atoms with E-state index in [1.165, 1.54) is 0 Å². The summed E-state index contributed by atoms with van der Waals surface area (Å²) in [4.78, 5) is 87.5. The van der Waals surface area contributed by atoms with Crippen molar-refractivity contribution >= 4 is 39.5 Å². The summed E-state index contributed by atoms with van der Waals surface area (Å²) in [5.74, 6) is -4.91. The van der Waals surface area contributed by atoms with Crippen LogP contribution in [0.3, 0.4) is 0 Å². The minimum Gasteiger partial charge on any atom is -1.00 e. The zero-order valence-corrected chi connectivity index (χ0v) is 22.7. The van der Waals surface area contributed by atoms with Crippen LogP contribution in [0.2, 0.25) is 0 Å². The Morgan fingerprint density at radius 3 is 0.750 bits per heavy atom. The van der Waals surface area contributed by atoms with Crippen LogP contribution in [0.15, 0.2) is 0 Å². The number of phosphoric acid groups is 2. The molecule has 0 spiro atoms. The van der Waals surface area contributed by atoms with Gasteiger partial charge in [0.05, 0.1) is 26.2 Å². The number of carboxylic acids is 4. The van der Waals surface area contributed by atoms with E-state index in [0.717, 1.165) is 9.80 Å². The number of carboxylic acid groups (broad SMARTS) is 4. The van der Waals surface area contributed by atoms with Gasteiger partial charge in [0.1, 0.15) is 0 Å². The van der Waals surface area contributed by atoms with E-state index in [1.54, 1.807) is 0 Å². The number of hydrogen-bond donors (Lipinski definition) is 10. The zero-order chi connectivity index (χ0) is 24.7. The molecule has 10 N–H and O–H groups in total. The number of aliphatic carboxylic acids is 4. The molecule has 0 saturated heterocycles. The molecule has 0 aliphatic heterocycles. The molecule has 0 fully saturated rings. The second-order valence-electron chi connectivity index (χ2n) is 5.02. The van der Waals surface area contributed by atoms with Crippen molar-refractivity contribution in [1.82, 2.24) is 9.80 Å². The number of rotatable bonds is 11. The van der Waals surface area contributed by atoms with Gasteiger partial charge in [0.15, 0.2) is 0 Å². The first kappa shape index (κ1) is 42.2. The zero-order valence-electron chi connectivity index (χ0n) is 19.0. The van der Waals surface area contributed by atoms with Crippen molar-refractivity contribution in [2.75, 3.05) is 39.3 Å². The SMILES string of the molecule is O=C(O)CN(CCN(CC(=O)O)CC(=O)O)CC(=O)O.O=P(O)(O)O.O=P(O)(O)O.[H-].[H-].[Na+].[Na+]. The van der Waals surface area contributed by atoms with E-state index in [0.29, 0.717) is 0 Å². The van der Waals surface area contributed by atoms with E-state index >= 15 is 0 Å². The van der Waals surface area contributed by atoms with Gasteiger partial charge in [-0.2, -0.15) is 0 Å². The molecule has 0 aliphatic rings. The molecule has 0 atom stereocenters. The third-order valence-corrected chi connectivity index (χ3v) is 2.17. The van der Waals surface area contributed by atoms with Crippen molar-refractivity contribution in [1.29, 1.82) is 0 Å². The maximum atomic E-state index is 10.6. The third kappa shape index (κ3) is 57.2. The predicted molar refractivity (Wildman–Crippen MR) is 94.2 cm³/mol. The molecule has 0 radical (unpaired) electrons. The Kier molecular flexibility index (Phi) is 28.4. The average molecular weight is 536 g/mol. The fraction of sp³-hybridized carbons (Fsp3) is 0.600. The number of nitrogens with zero attached hydrogens (tertiary/aromatic N) is 2. The molecule has 0 amide bonds. The summed E-state index contributed by atoms with van der Waals surface area (Å²) in [7, 11) is -9.28. The maximum Gasteiger partial charge on any atom is 1.00 e. The molecule has 0 aromatic heterocycles. The Morgan fingerprint density at radius 1 is 0.531 bits per heavy atom. The van der Waals surface area contributed by atoms with E-state index < -0.39 is 65.7 Å². The van der Waals surface area contributed by atoms with Crippen LogP contribution in [0.5, 0.6) is 0 Å². The van der Waals surface area contributed by atoms with Crippen molar-refractivity contribution in [2.24, 2.45) is 0 Å². The van der Waals surface area contributed by atoms with E-state index in [2.05, 4.69) is 0 Å². The topological polar surface area (TPSA) is 311 Å². The van der Waals surface area contributed by atoms with Crippen LogP contribution >= 0.6 is 15.6 Å². The van der Waals surface area contributed by atoms with Gasteiger partial charge in [-0.3, -0.25) is 29.0 Å². The fourth-order valence-corrected chi connectivity index (χ4v) is 1.48. The average Bonchev–Trinajstić information content (AvgIpc) is 2.38. The van der Waals surface area contributed by atoms with Crippen molar-refractivity contribution in [2.45, 2.75) is 0 Å². The standard InChI is InChI=1S/C10H16N2O8.2Na.2H3O4P.2H/c13-7(14)3-11(4-8(15)16)1-2-12(5-9(17)18)6-10(19)20;;;2*1-5(2,3)4;;/h1-6H2,(H,13,14)(H,15,16)(H,17,18)(H,19,20);;;2*(H3,1,2,3,4);;/q;2*+1;;;2*-1. The molecule has 0 saturated carbocycles. The molecule has 0 unspecified atom stereocenters. The molecule has 0 heterocycles. The first-order chi connectivity index (χ1) is 13.2. The van der Waals surface area contributed by atoms with E-state index in [1.807, 2.05) is 0 Å². The van der Waals surface area contributed by atoms with Crippen LogP contribution in [0.4, 0.5) is 0 Å². The first-order valence-corrected chi connectivity index (χ1v) is 10.2. The van der Waals surface area contributed by atoms with Gasteiger partial charge in [0.25, 0.3) is 0 Å². The molecule has 32 heavy (non-hydrogen) atoms. The van der Waals surface area contributed by atoms with Crippen LogP contribution in [0.25, 0.3) is 0 Å². The summed E-state index contributed by atoms with van der Waals surface area (Å²) in [6, 6.07) is 0. The summed E-state index contributed by atoms with van der Waals surface area (Å²) in [5.41, 5.74) is 0. The largest absolute Gasteiger partial charge is 1.00 e. The molecule has 0 aromatic rings. The van der Waals surface area contributed by atoms with Crippen LogP contribution in [0, 0.1) is 0 Å². The minimum atomic E-state index is -4.64. The van der Waals surface area contributed by atoms with Crippen molar-refractivity contribution < 1.29 is 140 Å². The Hall–Kier alpha value is 0.0200. The Balaban J connectivity index is -0.0000000882. The molecule has 18 nitrogen and oxygen atoms in total. The van der Waals surface area contributed by atoms with Gasteiger partial charge in [-0.05, 0) is 0 Å². The molecular weight excluding hydrogens is 512 g/mol. The summed E-state index contributed by atoms with van der Waals surface area (Å²) in [5, 5.41) is 34.5. The Labute approximate surface area is 227 Å². The monoisotopic (exact) mass is 536 g/mol. The van der Waals surface area contributed by atoms with Gasteiger partial charge < -0.3 is 52.6 Å². The molecule has 0 bridgehead atoms. The van der Waals surface area contributed by atoms with Gasteiger partial charge in [-0.15, -0.1) is 0 Å². The normalized spacial score (nSPS) is 10.4. The second-order valence-corrected chi connectivity index (χ2v) is 7.08. The van der Waals surface area contributed by atoms with Gasteiger partial charge in [0.2, 0.25) is 0 Å². The van der Waals surface area contributed by atoms with Crippen molar-refractivity contribution in [3.63, 3.8) is 0 Å². The molecule has 182 valence electrons. The first-order valence-electron chi connectivity index (χ1n) is 7.09. The van der Waals surface area contributed by atoms with Gasteiger partial charge >= 0.3 is 98.6 Å². The third-order valence-electron chi connectivity index (χ3n) is 2.17. The number of hydrogen-bond acceptors (Lipinski definition) is 8. The maximum absolute atomic E-state index is 10.6. The van der Waals surface area contributed by atoms with Crippen LogP contribution < -0.4 is 59.1 Å². The molecule has 22 heteroatoms. The predicted octanol–water partition coefficient (Wildman–Crippen LogP) is -9.70. The second kappa shape index (κ2) is 21.5. The molecule has 0 aliphatic carbocycles. The molecule has 0 rings (SSSR count). The van der Waals surface area contributed by atoms with Crippen molar-refractivity contribution in [3.8, 4) is 0 Å². The van der Waals surface area contributed by atoms with Gasteiger partial charge in [0, 0.05) is 13.1 Å². The van der Waals surface area contributed by atoms with E-state index in [9.17, 15) is 19.2 Å². The molecular formula is C10H24N2Na2O16P2. The number of carbonyl (C=O) groups is 4. The van der Waals surface area contributed by atoms with Crippen molar-refractivity contribution in [3.05, 3.63) is 0 Å². The van der Waals surface area contributed by atoms with Gasteiger partial charge in [-0.1, -0.05) is 0 Å². The van der Waals surface area contributed by atoms with Crippen LogP contribution in [0.1, 0.15) is 2.85 Å². The quantitative estimate of drug-likeness (QED) is 0.0865. The Morgan fingerprint density at radius 2 is 0.656 bits per heavy atom. The minimum absolute atomic E-state index is 0. The summed E-state index contributed by atoms with van der Waals surface area (Å²) in [6.45, 7) is -2.25. The summed E-state index contributed by atoms with van der Waals surface area (Å²) < 4.78 is 17.8. The summed E-state index contributed by atoms with van der Waals surface area (Å²) >= 11 is 0. The Bertz CT molecular complexity index is 574. The summed E-state index contributed by atoms with van der Waals surface area (Å²) in [6.07, 6.45) is 0. The van der Waals surface area contributed by atoms with E-state index in [-0.39, 0.29) is 75.1 Å². The van der Waals surface area contributed by atoms with Gasteiger partial charge in [-0.25, -0.2) is 9.13 Å². The fourth-order valence-electron chi connectivity index (χ4n) is 1.48. The van der Waals surface area contributed by atoms with E-state index in [4.69, 9.17) is 58.9 Å². The molecule has 0 aromatic carbocycles. The smallest absolute Gasteiger partial charge is 1.00 e. The van der Waals surface area contributed by atoms with Crippen LogP contribution in [-0.2, 0) is 28.3 Å². The van der Waals surface area contributed by atoms with Crippen LogP contribution in [-0.4, -0.2) is 123 Å².